The van der Waals surface area contributed by atoms with Gasteiger partial charge in [-0.3, -0.25) is 14.5 Å². The minimum atomic E-state index is -3.73. The van der Waals surface area contributed by atoms with E-state index in [0.29, 0.717) is 35.5 Å². The van der Waals surface area contributed by atoms with Gasteiger partial charge in [0.2, 0.25) is 0 Å². The number of fused-ring (bicyclic) bond motifs is 1. The molecule has 172 valence electrons. The maximum atomic E-state index is 13.1. The van der Waals surface area contributed by atoms with Gasteiger partial charge >= 0.3 is 10.2 Å². The summed E-state index contributed by atoms with van der Waals surface area (Å²) < 4.78 is 30.2. The van der Waals surface area contributed by atoms with E-state index in [1.807, 2.05) is 29.8 Å². The van der Waals surface area contributed by atoms with Crippen LogP contribution in [0.2, 0.25) is 0 Å². The van der Waals surface area contributed by atoms with E-state index in [4.69, 9.17) is 0 Å². The van der Waals surface area contributed by atoms with E-state index in [9.17, 15) is 13.2 Å². The quantitative estimate of drug-likeness (QED) is 0.512. The zero-order valence-corrected chi connectivity index (χ0v) is 19.9. The van der Waals surface area contributed by atoms with Crippen LogP contribution in [0.4, 0.5) is 5.69 Å². The number of carbonyl (C=O) groups is 1. The first-order valence-corrected chi connectivity index (χ1v) is 11.9. The summed E-state index contributed by atoms with van der Waals surface area (Å²) in [5.74, 6) is 0.925. The molecule has 2 heterocycles. The Bertz CT molecular complexity index is 1200. The van der Waals surface area contributed by atoms with Gasteiger partial charge < -0.3 is 9.88 Å². The third-order valence-electron chi connectivity index (χ3n) is 5.02. The lowest BCUT2D eigenvalue weighted by molar-refractivity contribution is 0.0955. The van der Waals surface area contributed by atoms with Crippen LogP contribution in [0.15, 0.2) is 36.5 Å². The van der Waals surface area contributed by atoms with Crippen LogP contribution in [0.3, 0.4) is 0 Å². The molecule has 0 fully saturated rings. The zero-order valence-electron chi connectivity index (χ0n) is 19.1. The number of nitrogens with zero attached hydrogens (tertiary/aromatic N) is 4. The summed E-state index contributed by atoms with van der Waals surface area (Å²) in [5.41, 5.74) is 2.77. The number of pyridine rings is 1. The average molecular weight is 459 g/mol. The van der Waals surface area contributed by atoms with Crippen molar-refractivity contribution >= 4 is 32.8 Å². The number of benzene rings is 1. The second-order valence-electron chi connectivity index (χ2n) is 8.29. The van der Waals surface area contributed by atoms with Crippen molar-refractivity contribution in [3.63, 3.8) is 0 Å². The van der Waals surface area contributed by atoms with Gasteiger partial charge in [0.15, 0.2) is 0 Å². The van der Waals surface area contributed by atoms with Crippen LogP contribution in [0.1, 0.15) is 35.7 Å². The first kappa shape index (κ1) is 23.7. The van der Waals surface area contributed by atoms with Crippen LogP contribution in [0, 0.1) is 5.92 Å². The molecule has 1 amide bonds. The molecule has 0 saturated heterocycles. The van der Waals surface area contributed by atoms with Crippen LogP contribution in [0.25, 0.3) is 11.0 Å². The summed E-state index contributed by atoms with van der Waals surface area (Å²) >= 11 is 0. The molecule has 32 heavy (non-hydrogen) atoms. The molecular formula is C22H30N6O3S. The highest BCUT2D eigenvalue weighted by molar-refractivity contribution is 7.90. The van der Waals surface area contributed by atoms with E-state index in [-0.39, 0.29) is 11.6 Å². The van der Waals surface area contributed by atoms with Crippen LogP contribution in [-0.4, -0.2) is 53.8 Å². The summed E-state index contributed by atoms with van der Waals surface area (Å²) in [6.45, 7) is 4.60. The van der Waals surface area contributed by atoms with E-state index >= 15 is 0 Å². The van der Waals surface area contributed by atoms with E-state index in [1.54, 1.807) is 18.3 Å². The highest BCUT2D eigenvalue weighted by atomic mass is 32.2. The molecule has 3 rings (SSSR count). The molecule has 0 saturated carbocycles. The molecule has 2 N–H and O–H groups in total. The van der Waals surface area contributed by atoms with Gasteiger partial charge in [-0.15, -0.1) is 0 Å². The Morgan fingerprint density at radius 1 is 1.22 bits per heavy atom. The van der Waals surface area contributed by atoms with Gasteiger partial charge in [0.05, 0.1) is 22.3 Å². The Balaban J connectivity index is 1.96. The van der Waals surface area contributed by atoms with Crippen molar-refractivity contribution in [2.24, 2.45) is 13.0 Å². The minimum Gasteiger partial charge on any atom is -0.352 e. The largest absolute Gasteiger partial charge is 0.352 e. The first-order chi connectivity index (χ1) is 15.1. The first-order valence-electron chi connectivity index (χ1n) is 10.5. The Kier molecular flexibility index (Phi) is 7.15. The lowest BCUT2D eigenvalue weighted by Gasteiger charge is -2.15. The smallest absolute Gasteiger partial charge is 0.301 e. The molecule has 10 heteroatoms. The normalized spacial score (nSPS) is 12.0. The zero-order chi connectivity index (χ0) is 23.5. The maximum Gasteiger partial charge on any atom is 0.301 e. The maximum absolute atomic E-state index is 13.1. The predicted molar refractivity (Wildman–Crippen MR) is 126 cm³/mol. The lowest BCUT2D eigenvalue weighted by Crippen LogP contribution is -2.29. The SMILES string of the molecule is CC(C)Cc1nc2cc(NS(=O)(=O)N(C)C)cc(C(=O)NCCc3ccccn3)c2n1C. The minimum absolute atomic E-state index is 0.287. The van der Waals surface area contributed by atoms with Gasteiger partial charge in [0.25, 0.3) is 5.91 Å². The average Bonchev–Trinajstić information content (AvgIpc) is 3.02. The van der Waals surface area contributed by atoms with Crippen molar-refractivity contribution in [1.82, 2.24) is 24.2 Å². The Hall–Kier alpha value is -2.98. The second kappa shape index (κ2) is 9.66. The number of imidazole rings is 1. The number of aromatic nitrogens is 3. The summed E-state index contributed by atoms with van der Waals surface area (Å²) in [5, 5.41) is 2.92. The molecule has 0 spiro atoms. The summed E-state index contributed by atoms with van der Waals surface area (Å²) in [6, 6.07) is 8.86. The van der Waals surface area contributed by atoms with Crippen LogP contribution >= 0.6 is 0 Å². The molecule has 0 radical (unpaired) electrons. The number of carbonyl (C=O) groups excluding carboxylic acids is 1. The summed E-state index contributed by atoms with van der Waals surface area (Å²) in [4.78, 5) is 22.1. The summed E-state index contributed by atoms with van der Waals surface area (Å²) in [7, 11) is 1.02. The number of aryl methyl sites for hydroxylation is 1. The molecule has 0 aliphatic carbocycles. The van der Waals surface area contributed by atoms with Crippen molar-refractivity contribution in [1.29, 1.82) is 0 Å². The van der Waals surface area contributed by atoms with E-state index < -0.39 is 10.2 Å². The molecule has 9 nitrogen and oxygen atoms in total. The van der Waals surface area contributed by atoms with Gasteiger partial charge in [-0.1, -0.05) is 19.9 Å². The summed E-state index contributed by atoms with van der Waals surface area (Å²) in [6.07, 6.45) is 3.05. The standard InChI is InChI=1S/C22H30N6O3S/c1-15(2)12-20-25-19-14-17(26-32(30,31)27(3)4)13-18(21(19)28(20)5)22(29)24-11-9-16-8-6-7-10-23-16/h6-8,10,13-15,26H,9,11-12H2,1-5H3,(H,24,29). The van der Waals surface area contributed by atoms with Gasteiger partial charge in [-0.25, -0.2) is 4.98 Å². The molecular weight excluding hydrogens is 428 g/mol. The second-order valence-corrected chi connectivity index (χ2v) is 10.2. The Morgan fingerprint density at radius 3 is 2.59 bits per heavy atom. The molecule has 0 aliphatic heterocycles. The van der Waals surface area contributed by atoms with Crippen molar-refractivity contribution in [3.8, 4) is 0 Å². The number of hydrogen-bond acceptors (Lipinski definition) is 5. The molecule has 0 aliphatic rings. The lowest BCUT2D eigenvalue weighted by atomic mass is 10.1. The van der Waals surface area contributed by atoms with Crippen molar-refractivity contribution in [2.45, 2.75) is 26.7 Å². The fourth-order valence-corrected chi connectivity index (χ4v) is 3.96. The molecule has 0 atom stereocenters. The van der Waals surface area contributed by atoms with Gasteiger partial charge in [-0.2, -0.15) is 12.7 Å². The number of hydrogen-bond donors (Lipinski definition) is 2. The van der Waals surface area contributed by atoms with E-state index in [1.165, 1.54) is 14.1 Å². The third kappa shape index (κ3) is 5.43. The third-order valence-corrected chi connectivity index (χ3v) is 6.47. The van der Waals surface area contributed by atoms with Crippen molar-refractivity contribution in [2.75, 3.05) is 25.4 Å². The predicted octanol–water partition coefficient (Wildman–Crippen LogP) is 2.36. The molecule has 3 aromatic rings. The fraction of sp³-hybridized carbons (Fsp3) is 0.409. The number of nitrogens with one attached hydrogen (secondary N) is 2. The van der Waals surface area contributed by atoms with E-state index in [0.717, 1.165) is 22.2 Å². The Morgan fingerprint density at radius 2 is 1.97 bits per heavy atom. The molecule has 2 aromatic heterocycles. The molecule has 0 unspecified atom stereocenters. The van der Waals surface area contributed by atoms with Crippen LogP contribution in [0.5, 0.6) is 0 Å². The number of rotatable bonds is 9. The van der Waals surface area contributed by atoms with Gasteiger partial charge in [-0.05, 0) is 30.2 Å². The van der Waals surface area contributed by atoms with Gasteiger partial charge in [0, 0.05) is 52.4 Å². The van der Waals surface area contributed by atoms with Crippen LogP contribution in [-0.2, 0) is 30.1 Å². The Labute approximate surface area is 189 Å². The highest BCUT2D eigenvalue weighted by Gasteiger charge is 2.21. The number of anilines is 1. The molecule has 0 bridgehead atoms. The van der Waals surface area contributed by atoms with E-state index in [2.05, 4.69) is 33.9 Å². The van der Waals surface area contributed by atoms with Gasteiger partial charge in [0.1, 0.15) is 5.82 Å². The fourth-order valence-electron chi connectivity index (χ4n) is 3.37. The van der Waals surface area contributed by atoms with Crippen molar-refractivity contribution in [3.05, 3.63) is 53.6 Å². The topological polar surface area (TPSA) is 109 Å². The monoisotopic (exact) mass is 458 g/mol. The van der Waals surface area contributed by atoms with Crippen LogP contribution < -0.4 is 10.0 Å². The number of amides is 1. The van der Waals surface area contributed by atoms with Crippen molar-refractivity contribution < 1.29 is 13.2 Å². The highest BCUT2D eigenvalue weighted by Crippen LogP contribution is 2.26. The molecule has 1 aromatic carbocycles.